The quantitative estimate of drug-likeness (QED) is 0.679. The van der Waals surface area contributed by atoms with Gasteiger partial charge in [0.25, 0.3) is 5.91 Å². The lowest BCUT2D eigenvalue weighted by Crippen LogP contribution is -2.31. The molecule has 7 heteroatoms. The van der Waals surface area contributed by atoms with E-state index in [0.29, 0.717) is 10.4 Å². The fraction of sp³-hybridized carbons (Fsp3) is 0.150. The van der Waals surface area contributed by atoms with Gasteiger partial charge >= 0.3 is 5.97 Å². The molecule has 27 heavy (non-hydrogen) atoms. The predicted molar refractivity (Wildman–Crippen MR) is 101 cm³/mol. The van der Waals surface area contributed by atoms with Crippen molar-refractivity contribution in [2.75, 3.05) is 6.61 Å². The van der Waals surface area contributed by atoms with Gasteiger partial charge in [-0.25, -0.2) is 4.79 Å². The molecular formula is C20H16ClNO5. The van der Waals surface area contributed by atoms with Crippen LogP contribution in [-0.2, 0) is 9.53 Å². The number of esters is 1. The Morgan fingerprint density at radius 1 is 1.15 bits per heavy atom. The zero-order valence-corrected chi connectivity index (χ0v) is 15.2. The second kappa shape index (κ2) is 8.05. The van der Waals surface area contributed by atoms with E-state index in [1.165, 1.54) is 0 Å². The summed E-state index contributed by atoms with van der Waals surface area (Å²) in [4.78, 5) is 36.1. The normalized spacial score (nSPS) is 11.8. The molecule has 1 N–H and O–H groups in total. The molecule has 2 aromatic carbocycles. The summed E-state index contributed by atoms with van der Waals surface area (Å²) < 4.78 is 10.3. The first-order chi connectivity index (χ1) is 12.9. The number of benzene rings is 2. The molecule has 0 aliphatic carbocycles. The molecule has 1 aromatic heterocycles. The van der Waals surface area contributed by atoms with Crippen LogP contribution < -0.4 is 10.7 Å². The number of hydrogen-bond donors (Lipinski definition) is 1. The van der Waals surface area contributed by atoms with E-state index in [1.54, 1.807) is 55.5 Å². The molecule has 0 saturated carbocycles. The largest absolute Gasteiger partial charge is 0.450 e. The zero-order valence-electron chi connectivity index (χ0n) is 14.4. The third kappa shape index (κ3) is 4.54. The Bertz CT molecular complexity index is 1040. The molecule has 0 unspecified atom stereocenters. The van der Waals surface area contributed by atoms with Crippen molar-refractivity contribution in [1.29, 1.82) is 0 Å². The van der Waals surface area contributed by atoms with Crippen molar-refractivity contribution in [1.82, 2.24) is 5.32 Å². The van der Waals surface area contributed by atoms with Crippen molar-refractivity contribution in [2.45, 2.75) is 13.0 Å². The van der Waals surface area contributed by atoms with Gasteiger partial charge in [-0.15, -0.1) is 0 Å². The van der Waals surface area contributed by atoms with Crippen molar-refractivity contribution in [2.24, 2.45) is 0 Å². The van der Waals surface area contributed by atoms with Gasteiger partial charge in [-0.05, 0) is 36.8 Å². The molecule has 1 amide bonds. The second-order valence-electron chi connectivity index (χ2n) is 5.89. The SMILES string of the molecule is C[C@H](NC(=O)COC(=O)c1cc(=O)c2ccccc2o1)c1ccc(Cl)cc1. The van der Waals surface area contributed by atoms with Gasteiger partial charge in [0.2, 0.25) is 5.76 Å². The Balaban J connectivity index is 1.61. The number of para-hydroxylation sites is 1. The number of carbonyl (C=O) groups is 2. The summed E-state index contributed by atoms with van der Waals surface area (Å²) in [6.45, 7) is 1.30. The van der Waals surface area contributed by atoms with Gasteiger partial charge in [0, 0.05) is 11.1 Å². The third-order valence-corrected chi connectivity index (χ3v) is 4.17. The summed E-state index contributed by atoms with van der Waals surface area (Å²) >= 11 is 5.84. The first kappa shape index (κ1) is 18.7. The number of fused-ring (bicyclic) bond motifs is 1. The van der Waals surface area contributed by atoms with E-state index in [1.807, 2.05) is 0 Å². The Kier molecular flexibility index (Phi) is 5.57. The molecular weight excluding hydrogens is 370 g/mol. The van der Waals surface area contributed by atoms with Crippen LogP contribution in [0.3, 0.4) is 0 Å². The Labute approximate surface area is 159 Å². The summed E-state index contributed by atoms with van der Waals surface area (Å²) in [5.74, 6) is -1.61. The van der Waals surface area contributed by atoms with Crippen molar-refractivity contribution in [3.05, 3.63) is 81.2 Å². The van der Waals surface area contributed by atoms with Crippen LogP contribution in [0.15, 0.2) is 63.8 Å². The summed E-state index contributed by atoms with van der Waals surface area (Å²) in [6, 6.07) is 14.4. The van der Waals surface area contributed by atoms with Gasteiger partial charge in [-0.2, -0.15) is 0 Å². The topological polar surface area (TPSA) is 85.6 Å². The lowest BCUT2D eigenvalue weighted by Gasteiger charge is -2.14. The molecule has 0 bridgehead atoms. The first-order valence-electron chi connectivity index (χ1n) is 8.19. The number of ether oxygens (including phenoxy) is 1. The van der Waals surface area contributed by atoms with Crippen molar-refractivity contribution < 1.29 is 18.7 Å². The van der Waals surface area contributed by atoms with Gasteiger partial charge in [-0.1, -0.05) is 35.9 Å². The van der Waals surface area contributed by atoms with Gasteiger partial charge in [0.1, 0.15) is 5.58 Å². The van der Waals surface area contributed by atoms with Crippen LogP contribution in [0.2, 0.25) is 5.02 Å². The van der Waals surface area contributed by atoms with Crippen molar-refractivity contribution in [3.8, 4) is 0 Å². The number of hydrogen-bond acceptors (Lipinski definition) is 5. The van der Waals surface area contributed by atoms with E-state index in [9.17, 15) is 14.4 Å². The summed E-state index contributed by atoms with van der Waals surface area (Å²) in [7, 11) is 0. The van der Waals surface area contributed by atoms with Gasteiger partial charge < -0.3 is 14.5 Å². The lowest BCUT2D eigenvalue weighted by molar-refractivity contribution is -0.124. The number of rotatable bonds is 5. The molecule has 0 aliphatic heterocycles. The van der Waals surface area contributed by atoms with Crippen LogP contribution in [0.5, 0.6) is 0 Å². The van der Waals surface area contributed by atoms with E-state index in [4.69, 9.17) is 20.8 Å². The standard InChI is InChI=1S/C20H16ClNO5/c1-12(13-6-8-14(21)9-7-13)22-19(24)11-26-20(25)18-10-16(23)15-4-2-3-5-17(15)27-18/h2-10,12H,11H2,1H3,(H,22,24)/t12-/m0/s1. The van der Waals surface area contributed by atoms with Gasteiger partial charge in [-0.3, -0.25) is 9.59 Å². The highest BCUT2D eigenvalue weighted by molar-refractivity contribution is 6.30. The van der Waals surface area contributed by atoms with Crippen molar-refractivity contribution in [3.63, 3.8) is 0 Å². The molecule has 0 spiro atoms. The first-order valence-corrected chi connectivity index (χ1v) is 8.56. The van der Waals surface area contributed by atoms with Crippen LogP contribution >= 0.6 is 11.6 Å². The Morgan fingerprint density at radius 3 is 2.59 bits per heavy atom. The van der Waals surface area contributed by atoms with E-state index >= 15 is 0 Å². The van der Waals surface area contributed by atoms with E-state index in [0.717, 1.165) is 11.6 Å². The minimum atomic E-state index is -0.882. The molecule has 0 radical (unpaired) electrons. The van der Waals surface area contributed by atoms with E-state index in [2.05, 4.69) is 5.32 Å². The van der Waals surface area contributed by atoms with Crippen LogP contribution in [0, 0.1) is 0 Å². The molecule has 0 fully saturated rings. The summed E-state index contributed by atoms with van der Waals surface area (Å²) in [5.41, 5.74) is 0.780. The smallest absolute Gasteiger partial charge is 0.374 e. The predicted octanol–water partition coefficient (Wildman–Crippen LogP) is 3.48. The average molecular weight is 386 g/mol. The fourth-order valence-corrected chi connectivity index (χ4v) is 2.65. The third-order valence-electron chi connectivity index (χ3n) is 3.92. The Morgan fingerprint density at radius 2 is 1.85 bits per heavy atom. The minimum absolute atomic E-state index is 0.253. The average Bonchev–Trinajstić information content (AvgIpc) is 2.66. The monoisotopic (exact) mass is 385 g/mol. The second-order valence-corrected chi connectivity index (χ2v) is 6.32. The highest BCUT2D eigenvalue weighted by Crippen LogP contribution is 2.16. The number of carbonyl (C=O) groups excluding carboxylic acids is 2. The van der Waals surface area contributed by atoms with E-state index in [-0.39, 0.29) is 22.8 Å². The van der Waals surface area contributed by atoms with E-state index < -0.39 is 18.5 Å². The number of nitrogens with one attached hydrogen (secondary N) is 1. The van der Waals surface area contributed by atoms with Crippen LogP contribution in [0.1, 0.15) is 29.1 Å². The summed E-state index contributed by atoms with van der Waals surface area (Å²) in [6.07, 6.45) is 0. The maximum absolute atomic E-state index is 12.1. The molecule has 3 aromatic rings. The van der Waals surface area contributed by atoms with Gasteiger partial charge in [0.05, 0.1) is 11.4 Å². The molecule has 0 saturated heterocycles. The maximum Gasteiger partial charge on any atom is 0.374 e. The summed E-state index contributed by atoms with van der Waals surface area (Å²) in [5, 5.41) is 3.68. The molecule has 3 rings (SSSR count). The maximum atomic E-state index is 12.1. The molecule has 1 heterocycles. The fourth-order valence-electron chi connectivity index (χ4n) is 2.52. The molecule has 6 nitrogen and oxygen atoms in total. The lowest BCUT2D eigenvalue weighted by atomic mass is 10.1. The van der Waals surface area contributed by atoms with Crippen LogP contribution in [-0.4, -0.2) is 18.5 Å². The van der Waals surface area contributed by atoms with Crippen LogP contribution in [0.25, 0.3) is 11.0 Å². The zero-order chi connectivity index (χ0) is 19.4. The molecule has 1 atom stereocenters. The highest BCUT2D eigenvalue weighted by atomic mass is 35.5. The van der Waals surface area contributed by atoms with Gasteiger partial charge in [0.15, 0.2) is 12.0 Å². The molecule has 0 aliphatic rings. The molecule has 138 valence electrons. The minimum Gasteiger partial charge on any atom is -0.450 e. The van der Waals surface area contributed by atoms with Crippen molar-refractivity contribution >= 4 is 34.4 Å². The number of halogens is 1. The van der Waals surface area contributed by atoms with Crippen LogP contribution in [0.4, 0.5) is 0 Å². The Hall–Kier alpha value is -3.12. The number of amides is 1. The highest BCUT2D eigenvalue weighted by Gasteiger charge is 2.16.